The molecule has 0 radical (unpaired) electrons. The van der Waals surface area contributed by atoms with Gasteiger partial charge in [-0.2, -0.15) is 4.98 Å². The molecule has 2 aromatic heterocycles. The van der Waals surface area contributed by atoms with Gasteiger partial charge < -0.3 is 20.1 Å². The minimum atomic E-state index is 0. The molecule has 33 heavy (non-hydrogen) atoms. The molecule has 8 heteroatoms. The van der Waals surface area contributed by atoms with Crippen LogP contribution in [-0.4, -0.2) is 33.6 Å². The highest BCUT2D eigenvalue weighted by Gasteiger charge is 2.35. The van der Waals surface area contributed by atoms with Crippen molar-refractivity contribution in [1.82, 2.24) is 15.1 Å². The van der Waals surface area contributed by atoms with E-state index >= 15 is 0 Å². The molecule has 1 saturated carbocycles. The molecule has 174 valence electrons. The molecule has 1 aliphatic heterocycles. The van der Waals surface area contributed by atoms with Crippen LogP contribution < -0.4 is 10.6 Å². The molecule has 3 heterocycles. The Labute approximate surface area is 199 Å². The van der Waals surface area contributed by atoms with Crippen molar-refractivity contribution in [1.29, 1.82) is 0 Å². The number of halogens is 1. The highest BCUT2D eigenvalue weighted by Crippen LogP contribution is 2.41. The van der Waals surface area contributed by atoms with E-state index in [1.54, 1.807) is 6.92 Å². The van der Waals surface area contributed by atoms with Gasteiger partial charge >= 0.3 is 0 Å². The van der Waals surface area contributed by atoms with Gasteiger partial charge in [0.15, 0.2) is 0 Å². The third kappa shape index (κ3) is 4.48. The number of benzene rings is 1. The number of aryl methyl sites for hydroxylation is 3. The smallest absolute Gasteiger partial charge is 0.259 e. The van der Waals surface area contributed by atoms with Gasteiger partial charge in [-0.3, -0.25) is 4.79 Å². The summed E-state index contributed by atoms with van der Waals surface area (Å²) < 4.78 is 5.16. The van der Waals surface area contributed by atoms with Gasteiger partial charge in [0.1, 0.15) is 0 Å². The summed E-state index contributed by atoms with van der Waals surface area (Å²) in [4.78, 5) is 23.3. The van der Waals surface area contributed by atoms with Crippen LogP contribution in [-0.2, 0) is 4.79 Å². The molecule has 0 spiro atoms. The topological polar surface area (TPSA) is 101 Å². The van der Waals surface area contributed by atoms with Gasteiger partial charge in [0.05, 0.1) is 11.3 Å². The summed E-state index contributed by atoms with van der Waals surface area (Å²) in [7, 11) is 0. The van der Waals surface area contributed by atoms with Crippen LogP contribution >= 0.6 is 12.4 Å². The van der Waals surface area contributed by atoms with Crippen molar-refractivity contribution in [3.63, 3.8) is 0 Å². The quantitative estimate of drug-likeness (QED) is 0.536. The molecule has 1 fully saturated rings. The van der Waals surface area contributed by atoms with Crippen molar-refractivity contribution < 1.29 is 9.32 Å². The first-order valence-electron chi connectivity index (χ1n) is 11.3. The SMILES string of the molecule is Cc1cc(C)c(/C=C2\C(=O)N(CC3CCC(N)CC3)c3cc(-c4noc(C)n4)ccc32)[nH]1.Cl. The van der Waals surface area contributed by atoms with Gasteiger partial charge in [0, 0.05) is 42.0 Å². The van der Waals surface area contributed by atoms with E-state index in [9.17, 15) is 4.79 Å². The molecule has 1 amide bonds. The normalized spacial score (nSPS) is 21.4. The largest absolute Gasteiger partial charge is 0.359 e. The van der Waals surface area contributed by atoms with Gasteiger partial charge in [0.2, 0.25) is 11.7 Å². The number of fused-ring (bicyclic) bond motifs is 1. The second-order valence-corrected chi connectivity index (χ2v) is 9.17. The lowest BCUT2D eigenvalue weighted by atomic mass is 9.86. The van der Waals surface area contributed by atoms with Gasteiger partial charge in [-0.1, -0.05) is 17.3 Å². The predicted molar refractivity (Wildman–Crippen MR) is 132 cm³/mol. The number of aromatic nitrogens is 3. The summed E-state index contributed by atoms with van der Waals surface area (Å²) in [6.45, 7) is 6.56. The number of hydrogen-bond acceptors (Lipinski definition) is 5. The first-order chi connectivity index (χ1) is 15.4. The third-order valence-corrected chi connectivity index (χ3v) is 6.65. The lowest BCUT2D eigenvalue weighted by Crippen LogP contribution is -2.36. The number of carbonyl (C=O) groups excluding carboxylic acids is 1. The van der Waals surface area contributed by atoms with E-state index in [0.717, 1.165) is 59.4 Å². The monoisotopic (exact) mass is 467 g/mol. The lowest BCUT2D eigenvalue weighted by molar-refractivity contribution is -0.113. The second kappa shape index (κ2) is 9.15. The van der Waals surface area contributed by atoms with E-state index in [2.05, 4.69) is 28.1 Å². The summed E-state index contributed by atoms with van der Waals surface area (Å²) in [6.07, 6.45) is 6.13. The third-order valence-electron chi connectivity index (χ3n) is 6.65. The van der Waals surface area contributed by atoms with Crippen LogP contribution in [0.2, 0.25) is 0 Å². The molecule has 0 unspecified atom stereocenters. The number of rotatable bonds is 4. The number of carbonyl (C=O) groups is 1. The Morgan fingerprint density at radius 3 is 2.58 bits per heavy atom. The highest BCUT2D eigenvalue weighted by molar-refractivity contribution is 6.36. The number of nitrogens with two attached hydrogens (primary N) is 1. The van der Waals surface area contributed by atoms with Crippen molar-refractivity contribution >= 4 is 35.7 Å². The predicted octanol–water partition coefficient (Wildman–Crippen LogP) is 4.82. The maximum atomic E-state index is 13.6. The molecule has 0 atom stereocenters. The molecule has 7 nitrogen and oxygen atoms in total. The molecule has 3 N–H and O–H groups in total. The van der Waals surface area contributed by atoms with Crippen LogP contribution in [0.25, 0.3) is 23.0 Å². The minimum absolute atomic E-state index is 0. The maximum Gasteiger partial charge on any atom is 0.259 e. The van der Waals surface area contributed by atoms with E-state index < -0.39 is 0 Å². The zero-order valence-corrected chi connectivity index (χ0v) is 20.0. The molecule has 5 rings (SSSR count). The summed E-state index contributed by atoms with van der Waals surface area (Å²) in [5, 5.41) is 4.06. The number of amides is 1. The Bertz CT molecular complexity index is 1200. The van der Waals surface area contributed by atoms with Crippen LogP contribution in [0.5, 0.6) is 0 Å². The summed E-state index contributed by atoms with van der Waals surface area (Å²) in [5.74, 6) is 1.55. The zero-order chi connectivity index (χ0) is 22.4. The van der Waals surface area contributed by atoms with Gasteiger partial charge in [-0.15, -0.1) is 12.4 Å². The van der Waals surface area contributed by atoms with E-state index in [4.69, 9.17) is 10.3 Å². The molecule has 1 aliphatic carbocycles. The Morgan fingerprint density at radius 1 is 1.18 bits per heavy atom. The molecule has 1 aromatic carbocycles. The average molecular weight is 468 g/mol. The van der Waals surface area contributed by atoms with Gasteiger partial charge in [-0.05, 0) is 69.2 Å². The number of hydrogen-bond donors (Lipinski definition) is 2. The fraction of sp³-hybridized carbons (Fsp3) is 0.400. The summed E-state index contributed by atoms with van der Waals surface area (Å²) >= 11 is 0. The number of nitrogens with zero attached hydrogens (tertiary/aromatic N) is 3. The van der Waals surface area contributed by atoms with Crippen molar-refractivity contribution in [2.75, 3.05) is 11.4 Å². The number of nitrogens with one attached hydrogen (secondary N) is 1. The Hall–Kier alpha value is -2.90. The average Bonchev–Trinajstić information content (AvgIpc) is 3.41. The zero-order valence-electron chi connectivity index (χ0n) is 19.2. The maximum absolute atomic E-state index is 13.6. The number of aromatic amines is 1. The fourth-order valence-corrected chi connectivity index (χ4v) is 4.90. The first kappa shape index (κ1) is 23.3. The minimum Gasteiger partial charge on any atom is -0.359 e. The van der Waals surface area contributed by atoms with Gasteiger partial charge in [0.25, 0.3) is 5.91 Å². The Kier molecular flexibility index (Phi) is 6.45. The van der Waals surface area contributed by atoms with Crippen molar-refractivity contribution in [3.05, 3.63) is 52.7 Å². The van der Waals surface area contributed by atoms with Crippen molar-refractivity contribution in [2.45, 2.75) is 52.5 Å². The second-order valence-electron chi connectivity index (χ2n) is 9.17. The first-order valence-corrected chi connectivity index (χ1v) is 11.3. The van der Waals surface area contributed by atoms with Crippen LogP contribution in [0.3, 0.4) is 0 Å². The molecule has 0 bridgehead atoms. The van der Waals surface area contributed by atoms with Crippen molar-refractivity contribution in [2.24, 2.45) is 11.7 Å². The summed E-state index contributed by atoms with van der Waals surface area (Å²) in [5.41, 5.74) is 12.7. The number of anilines is 1. The van der Waals surface area contributed by atoms with Crippen molar-refractivity contribution in [3.8, 4) is 11.4 Å². The molecule has 2 aliphatic rings. The van der Waals surface area contributed by atoms with Crippen LogP contribution in [0.15, 0.2) is 28.8 Å². The number of H-pyrrole nitrogens is 1. The van der Waals surface area contributed by atoms with Crippen LogP contribution in [0.4, 0.5) is 5.69 Å². The Balaban J connectivity index is 0.00000259. The van der Waals surface area contributed by atoms with E-state index in [1.807, 2.05) is 36.1 Å². The molecule has 0 saturated heterocycles. The summed E-state index contributed by atoms with van der Waals surface area (Å²) in [6, 6.07) is 8.36. The Morgan fingerprint density at radius 2 is 1.94 bits per heavy atom. The van der Waals surface area contributed by atoms with E-state index in [-0.39, 0.29) is 24.4 Å². The lowest BCUT2D eigenvalue weighted by Gasteiger charge is -2.30. The molecular formula is C25H30ClN5O2. The van der Waals surface area contributed by atoms with Crippen LogP contribution in [0, 0.1) is 26.7 Å². The van der Waals surface area contributed by atoms with E-state index in [0.29, 0.717) is 29.8 Å². The van der Waals surface area contributed by atoms with Crippen LogP contribution in [0.1, 0.15) is 54.1 Å². The standard InChI is InChI=1S/C25H29N5O2.ClH/c1-14-10-15(2)27-22(14)12-21-20-9-6-18(24-28-16(3)32-29-24)11-23(20)30(25(21)31)13-17-4-7-19(26)8-5-17;/h6,9-12,17,19,27H,4-5,7-8,13,26H2,1-3H3;1H/b21-12-;. The highest BCUT2D eigenvalue weighted by atomic mass is 35.5. The van der Waals surface area contributed by atoms with Gasteiger partial charge in [-0.25, -0.2) is 0 Å². The molecule has 3 aromatic rings. The molecular weight excluding hydrogens is 438 g/mol. The van der Waals surface area contributed by atoms with E-state index in [1.165, 1.54) is 0 Å². The fourth-order valence-electron chi connectivity index (χ4n) is 4.90.